The largest absolute Gasteiger partial charge is 0.479 e. The molecule has 0 bridgehead atoms. The maximum Gasteiger partial charge on any atom is 0.331 e. The highest BCUT2D eigenvalue weighted by Gasteiger charge is 2.33. The van der Waals surface area contributed by atoms with Crippen LogP contribution in [0.4, 0.5) is 0 Å². The summed E-state index contributed by atoms with van der Waals surface area (Å²) in [7, 11) is 1.75. The van der Waals surface area contributed by atoms with Crippen LogP contribution < -0.4 is 0 Å². The van der Waals surface area contributed by atoms with E-state index in [1.54, 1.807) is 17.9 Å². The van der Waals surface area contributed by atoms with E-state index in [-0.39, 0.29) is 5.41 Å². The molecular formula is C14H23N3O3. The van der Waals surface area contributed by atoms with E-state index in [2.05, 4.69) is 5.10 Å². The van der Waals surface area contributed by atoms with Gasteiger partial charge in [0.15, 0.2) is 6.04 Å². The molecule has 0 aliphatic rings. The van der Waals surface area contributed by atoms with Gasteiger partial charge in [-0.2, -0.15) is 5.10 Å². The van der Waals surface area contributed by atoms with E-state index in [1.165, 1.54) is 4.90 Å². The minimum atomic E-state index is -1.04. The van der Waals surface area contributed by atoms with E-state index in [1.807, 2.05) is 27.7 Å². The van der Waals surface area contributed by atoms with Gasteiger partial charge >= 0.3 is 5.97 Å². The second-order valence-corrected chi connectivity index (χ2v) is 5.94. The highest BCUT2D eigenvalue weighted by atomic mass is 16.4. The van der Waals surface area contributed by atoms with Gasteiger partial charge in [-0.15, -0.1) is 0 Å². The van der Waals surface area contributed by atoms with Gasteiger partial charge in [0.2, 0.25) is 6.41 Å². The number of carbonyl (C=O) groups is 2. The zero-order chi connectivity index (χ0) is 15.5. The third-order valence-corrected chi connectivity index (χ3v) is 3.04. The van der Waals surface area contributed by atoms with E-state index in [9.17, 15) is 14.7 Å². The van der Waals surface area contributed by atoms with E-state index in [0.717, 1.165) is 0 Å². The fourth-order valence-electron chi connectivity index (χ4n) is 2.24. The van der Waals surface area contributed by atoms with Crippen LogP contribution in [-0.4, -0.2) is 38.7 Å². The van der Waals surface area contributed by atoms with Crippen molar-refractivity contribution >= 4 is 12.4 Å². The molecule has 1 aromatic heterocycles. The number of hydrogen-bond donors (Lipinski definition) is 1. The molecule has 112 valence electrons. The SMILES string of the molecule is CCCN(C=O)C(C(=O)O)c1cn(C)nc1C(C)(C)C. The van der Waals surface area contributed by atoms with Crippen LogP contribution in [0.2, 0.25) is 0 Å². The Labute approximate surface area is 119 Å². The fraction of sp³-hybridized carbons (Fsp3) is 0.643. The lowest BCUT2D eigenvalue weighted by molar-refractivity contribution is -0.146. The standard InChI is InChI=1S/C14H23N3O3/c1-6-7-17(9-18)11(13(19)20)10-8-16(5)15-12(10)14(2,3)4/h8-9,11H,6-7H2,1-5H3,(H,19,20). The second kappa shape index (κ2) is 6.07. The number of hydrogen-bond acceptors (Lipinski definition) is 3. The van der Waals surface area contributed by atoms with E-state index < -0.39 is 12.0 Å². The van der Waals surface area contributed by atoms with Crippen LogP contribution in [0.15, 0.2) is 6.20 Å². The van der Waals surface area contributed by atoms with Crippen LogP contribution in [0.3, 0.4) is 0 Å². The topological polar surface area (TPSA) is 75.4 Å². The molecule has 6 heteroatoms. The van der Waals surface area contributed by atoms with E-state index >= 15 is 0 Å². The van der Waals surface area contributed by atoms with Crippen LogP contribution in [0.5, 0.6) is 0 Å². The number of aromatic nitrogens is 2. The van der Waals surface area contributed by atoms with Crippen molar-refractivity contribution < 1.29 is 14.7 Å². The zero-order valence-corrected chi connectivity index (χ0v) is 12.8. The quantitative estimate of drug-likeness (QED) is 0.805. The Balaban J connectivity index is 3.35. The summed E-state index contributed by atoms with van der Waals surface area (Å²) >= 11 is 0. The van der Waals surface area contributed by atoms with Crippen LogP contribution in [0, 0.1) is 0 Å². The molecule has 1 aromatic rings. The van der Waals surface area contributed by atoms with Crippen LogP contribution >= 0.6 is 0 Å². The molecule has 6 nitrogen and oxygen atoms in total. The molecule has 1 N–H and O–H groups in total. The number of carbonyl (C=O) groups excluding carboxylic acids is 1. The van der Waals surface area contributed by atoms with Crippen molar-refractivity contribution in [3.05, 3.63) is 17.5 Å². The predicted molar refractivity (Wildman–Crippen MR) is 75.3 cm³/mol. The monoisotopic (exact) mass is 281 g/mol. The van der Waals surface area contributed by atoms with Crippen LogP contribution in [0.1, 0.15) is 51.4 Å². The lowest BCUT2D eigenvalue weighted by Crippen LogP contribution is -2.35. The Morgan fingerprint density at radius 1 is 1.55 bits per heavy atom. The van der Waals surface area contributed by atoms with Crippen LogP contribution in [-0.2, 0) is 22.1 Å². The van der Waals surface area contributed by atoms with Gasteiger partial charge in [0, 0.05) is 30.8 Å². The summed E-state index contributed by atoms with van der Waals surface area (Å²) in [5, 5.41) is 13.9. The molecular weight excluding hydrogens is 258 g/mol. The first-order chi connectivity index (χ1) is 9.22. The molecule has 20 heavy (non-hydrogen) atoms. The first-order valence-electron chi connectivity index (χ1n) is 6.70. The molecule has 0 saturated carbocycles. The molecule has 0 saturated heterocycles. The molecule has 0 aliphatic carbocycles. The summed E-state index contributed by atoms with van der Waals surface area (Å²) in [5.41, 5.74) is 0.994. The average molecular weight is 281 g/mol. The number of amides is 1. The Bertz CT molecular complexity index is 488. The van der Waals surface area contributed by atoms with Gasteiger partial charge in [0.25, 0.3) is 0 Å². The van der Waals surface area contributed by atoms with Gasteiger partial charge in [-0.3, -0.25) is 9.48 Å². The molecule has 1 amide bonds. The van der Waals surface area contributed by atoms with Gasteiger partial charge in [-0.25, -0.2) is 4.79 Å². The van der Waals surface area contributed by atoms with Gasteiger partial charge in [-0.05, 0) is 6.42 Å². The van der Waals surface area contributed by atoms with Crippen molar-refractivity contribution in [1.82, 2.24) is 14.7 Å². The van der Waals surface area contributed by atoms with Gasteiger partial charge in [0.1, 0.15) is 0 Å². The van der Waals surface area contributed by atoms with Gasteiger partial charge in [0.05, 0.1) is 5.69 Å². The summed E-state index contributed by atoms with van der Waals surface area (Å²) in [5.74, 6) is -1.04. The highest BCUT2D eigenvalue weighted by Crippen LogP contribution is 2.31. The second-order valence-electron chi connectivity index (χ2n) is 5.94. The number of aryl methyl sites for hydroxylation is 1. The Hall–Kier alpha value is -1.85. The first kappa shape index (κ1) is 16.2. The van der Waals surface area contributed by atoms with Crippen molar-refractivity contribution in [2.75, 3.05) is 6.54 Å². The average Bonchev–Trinajstić information content (AvgIpc) is 2.69. The van der Waals surface area contributed by atoms with Crippen molar-refractivity contribution in [2.45, 2.75) is 45.6 Å². The van der Waals surface area contributed by atoms with Gasteiger partial charge < -0.3 is 10.0 Å². The molecule has 1 atom stereocenters. The third-order valence-electron chi connectivity index (χ3n) is 3.04. The fourth-order valence-corrected chi connectivity index (χ4v) is 2.24. The first-order valence-corrected chi connectivity index (χ1v) is 6.70. The Kier molecular flexibility index (Phi) is 4.92. The van der Waals surface area contributed by atoms with Crippen LogP contribution in [0.25, 0.3) is 0 Å². The van der Waals surface area contributed by atoms with Crippen molar-refractivity contribution in [2.24, 2.45) is 7.05 Å². The lowest BCUT2D eigenvalue weighted by atomic mass is 9.87. The minimum Gasteiger partial charge on any atom is -0.479 e. The van der Waals surface area contributed by atoms with Crippen molar-refractivity contribution in [1.29, 1.82) is 0 Å². The number of rotatable bonds is 6. The zero-order valence-electron chi connectivity index (χ0n) is 12.8. The molecule has 1 unspecified atom stereocenters. The molecule has 1 heterocycles. The van der Waals surface area contributed by atoms with Gasteiger partial charge in [-0.1, -0.05) is 27.7 Å². The number of nitrogens with zero attached hydrogens (tertiary/aromatic N) is 3. The maximum atomic E-state index is 11.6. The number of aliphatic carboxylic acids is 1. The van der Waals surface area contributed by atoms with Crippen molar-refractivity contribution in [3.63, 3.8) is 0 Å². The van der Waals surface area contributed by atoms with E-state index in [4.69, 9.17) is 0 Å². The summed E-state index contributed by atoms with van der Waals surface area (Å²) in [6.45, 7) is 8.23. The molecule has 0 radical (unpaired) electrons. The third kappa shape index (κ3) is 3.37. The molecule has 0 aliphatic heterocycles. The number of carboxylic acid groups (broad SMARTS) is 1. The Morgan fingerprint density at radius 3 is 2.55 bits per heavy atom. The Morgan fingerprint density at radius 2 is 2.15 bits per heavy atom. The predicted octanol–water partition coefficient (Wildman–Crippen LogP) is 1.71. The summed E-state index contributed by atoms with van der Waals surface area (Å²) in [6, 6.07) is -0.990. The van der Waals surface area contributed by atoms with E-state index in [0.29, 0.717) is 30.6 Å². The number of carboxylic acids is 1. The summed E-state index contributed by atoms with van der Waals surface area (Å²) in [6.07, 6.45) is 2.99. The molecule has 0 spiro atoms. The molecule has 1 rings (SSSR count). The lowest BCUT2D eigenvalue weighted by Gasteiger charge is -2.27. The maximum absolute atomic E-state index is 11.6. The summed E-state index contributed by atoms with van der Waals surface area (Å²) < 4.78 is 1.60. The smallest absolute Gasteiger partial charge is 0.331 e. The molecule has 0 fully saturated rings. The van der Waals surface area contributed by atoms with Crippen molar-refractivity contribution in [3.8, 4) is 0 Å². The molecule has 0 aromatic carbocycles. The minimum absolute atomic E-state index is 0.287. The summed E-state index contributed by atoms with van der Waals surface area (Å²) in [4.78, 5) is 24.2. The normalized spacial score (nSPS) is 13.1. The highest BCUT2D eigenvalue weighted by molar-refractivity contribution is 5.78.